The second-order valence-corrected chi connectivity index (χ2v) is 5.39. The molecule has 0 radical (unpaired) electrons. The van der Waals surface area contributed by atoms with E-state index in [0.717, 1.165) is 12.1 Å². The van der Waals surface area contributed by atoms with E-state index < -0.39 is 0 Å². The zero-order valence-corrected chi connectivity index (χ0v) is 11.7. The van der Waals surface area contributed by atoms with Gasteiger partial charge in [-0.15, -0.1) is 0 Å². The maximum Gasteiger partial charge on any atom is 0.146 e. The van der Waals surface area contributed by atoms with E-state index in [1.807, 2.05) is 18.2 Å². The van der Waals surface area contributed by atoms with Crippen LogP contribution in [0.15, 0.2) is 42.5 Å². The molecule has 0 aliphatic heterocycles. The number of rotatable bonds is 5. The Bertz CT molecular complexity index is 613. The summed E-state index contributed by atoms with van der Waals surface area (Å²) in [7, 11) is 0. The van der Waals surface area contributed by atoms with Gasteiger partial charge in [-0.05, 0) is 42.7 Å². The number of halogens is 2. The van der Waals surface area contributed by atoms with Crippen molar-refractivity contribution in [1.82, 2.24) is 5.32 Å². The van der Waals surface area contributed by atoms with Crippen molar-refractivity contribution < 1.29 is 9.13 Å². The lowest BCUT2D eigenvalue weighted by Gasteiger charge is -2.10. The molecule has 20 heavy (non-hydrogen) atoms. The van der Waals surface area contributed by atoms with Gasteiger partial charge in [0.1, 0.15) is 17.3 Å². The van der Waals surface area contributed by atoms with Crippen LogP contribution in [0.2, 0.25) is 5.02 Å². The lowest BCUT2D eigenvalue weighted by Crippen LogP contribution is -2.15. The third-order valence-corrected chi connectivity index (χ3v) is 3.49. The number of nitrogens with one attached hydrogen (secondary N) is 1. The van der Waals surface area contributed by atoms with Crippen molar-refractivity contribution in [3.63, 3.8) is 0 Å². The molecule has 0 amide bonds. The maximum absolute atomic E-state index is 13.1. The first-order valence-corrected chi connectivity index (χ1v) is 7.04. The van der Waals surface area contributed by atoms with Gasteiger partial charge in [0.2, 0.25) is 0 Å². The minimum absolute atomic E-state index is 0.330. The molecule has 3 rings (SSSR count). The average Bonchev–Trinajstić information content (AvgIpc) is 3.23. The van der Waals surface area contributed by atoms with Gasteiger partial charge in [-0.3, -0.25) is 0 Å². The minimum atomic E-state index is -0.330. The molecule has 0 unspecified atom stereocenters. The molecule has 4 heteroatoms. The minimum Gasteiger partial charge on any atom is -0.456 e. The Morgan fingerprint density at radius 3 is 2.75 bits per heavy atom. The van der Waals surface area contributed by atoms with Crippen molar-refractivity contribution in [3.05, 3.63) is 58.9 Å². The van der Waals surface area contributed by atoms with Gasteiger partial charge in [0.15, 0.2) is 0 Å². The molecule has 1 aliphatic rings. The molecule has 0 atom stereocenters. The van der Waals surface area contributed by atoms with E-state index in [0.29, 0.717) is 22.6 Å². The highest BCUT2D eigenvalue weighted by molar-refractivity contribution is 6.32. The van der Waals surface area contributed by atoms with Crippen molar-refractivity contribution in [1.29, 1.82) is 0 Å². The summed E-state index contributed by atoms with van der Waals surface area (Å²) < 4.78 is 18.7. The SMILES string of the molecule is Fc1cccc(Oc2ccc(CNC3CC3)cc2Cl)c1. The second kappa shape index (κ2) is 5.81. The molecule has 2 nitrogen and oxygen atoms in total. The molecule has 0 aromatic heterocycles. The van der Waals surface area contributed by atoms with Crippen molar-refractivity contribution >= 4 is 11.6 Å². The summed E-state index contributed by atoms with van der Waals surface area (Å²) in [5.41, 5.74) is 1.12. The van der Waals surface area contributed by atoms with Gasteiger partial charge >= 0.3 is 0 Å². The van der Waals surface area contributed by atoms with E-state index in [1.165, 1.54) is 25.0 Å². The van der Waals surface area contributed by atoms with Crippen LogP contribution in [-0.4, -0.2) is 6.04 Å². The van der Waals surface area contributed by atoms with Crippen LogP contribution < -0.4 is 10.1 Å². The molecular weight excluding hydrogens is 277 g/mol. The fourth-order valence-electron chi connectivity index (χ4n) is 1.94. The molecule has 0 bridgehead atoms. The van der Waals surface area contributed by atoms with E-state index in [2.05, 4.69) is 5.32 Å². The van der Waals surface area contributed by atoms with E-state index in [-0.39, 0.29) is 5.82 Å². The zero-order chi connectivity index (χ0) is 13.9. The summed E-state index contributed by atoms with van der Waals surface area (Å²) in [6, 6.07) is 12.3. The Kier molecular flexibility index (Phi) is 3.90. The van der Waals surface area contributed by atoms with Gasteiger partial charge in [0, 0.05) is 18.7 Å². The molecular formula is C16H15ClFNO. The van der Waals surface area contributed by atoms with Crippen LogP contribution in [0.1, 0.15) is 18.4 Å². The first-order valence-electron chi connectivity index (χ1n) is 6.66. The van der Waals surface area contributed by atoms with Crippen LogP contribution in [0.25, 0.3) is 0 Å². The average molecular weight is 292 g/mol. The largest absolute Gasteiger partial charge is 0.456 e. The zero-order valence-electron chi connectivity index (χ0n) is 10.9. The number of hydrogen-bond donors (Lipinski definition) is 1. The quantitative estimate of drug-likeness (QED) is 0.874. The van der Waals surface area contributed by atoms with Crippen LogP contribution in [0.5, 0.6) is 11.5 Å². The van der Waals surface area contributed by atoms with Crippen molar-refractivity contribution in [2.45, 2.75) is 25.4 Å². The van der Waals surface area contributed by atoms with Gasteiger partial charge in [-0.25, -0.2) is 4.39 Å². The fourth-order valence-corrected chi connectivity index (χ4v) is 2.19. The van der Waals surface area contributed by atoms with E-state index in [1.54, 1.807) is 12.1 Å². The lowest BCUT2D eigenvalue weighted by molar-refractivity contribution is 0.476. The monoisotopic (exact) mass is 291 g/mol. The van der Waals surface area contributed by atoms with Crippen LogP contribution >= 0.6 is 11.6 Å². The summed E-state index contributed by atoms with van der Waals surface area (Å²) >= 11 is 6.20. The van der Waals surface area contributed by atoms with Crippen LogP contribution in [0.3, 0.4) is 0 Å². The van der Waals surface area contributed by atoms with Gasteiger partial charge in [0.25, 0.3) is 0 Å². The molecule has 0 heterocycles. The Balaban J connectivity index is 1.69. The van der Waals surface area contributed by atoms with Gasteiger partial charge in [0.05, 0.1) is 5.02 Å². The molecule has 2 aromatic rings. The molecule has 0 saturated heterocycles. The summed E-state index contributed by atoms with van der Waals surface area (Å²) in [6.45, 7) is 0.810. The van der Waals surface area contributed by atoms with Crippen molar-refractivity contribution in [2.24, 2.45) is 0 Å². The predicted octanol–water partition coefficient (Wildman–Crippen LogP) is 4.52. The smallest absolute Gasteiger partial charge is 0.146 e. The van der Waals surface area contributed by atoms with Crippen molar-refractivity contribution in [3.8, 4) is 11.5 Å². The Labute approximate surface area is 122 Å². The maximum atomic E-state index is 13.1. The highest BCUT2D eigenvalue weighted by atomic mass is 35.5. The second-order valence-electron chi connectivity index (χ2n) is 4.98. The number of ether oxygens (including phenoxy) is 1. The summed E-state index contributed by atoms with van der Waals surface area (Å²) in [5, 5.41) is 3.96. The highest BCUT2D eigenvalue weighted by Crippen LogP contribution is 2.30. The summed E-state index contributed by atoms with van der Waals surface area (Å²) in [5.74, 6) is 0.645. The van der Waals surface area contributed by atoms with Gasteiger partial charge in [-0.2, -0.15) is 0 Å². The van der Waals surface area contributed by atoms with Gasteiger partial charge < -0.3 is 10.1 Å². The first kappa shape index (κ1) is 13.4. The van der Waals surface area contributed by atoms with E-state index >= 15 is 0 Å². The first-order chi connectivity index (χ1) is 9.70. The molecule has 1 saturated carbocycles. The molecule has 0 spiro atoms. The molecule has 1 fully saturated rings. The predicted molar refractivity (Wildman–Crippen MR) is 77.8 cm³/mol. The number of benzene rings is 2. The standard InChI is InChI=1S/C16H15ClFNO/c17-15-8-11(10-19-13-5-6-13)4-7-16(15)20-14-3-1-2-12(18)9-14/h1-4,7-9,13,19H,5-6,10H2. The van der Waals surface area contributed by atoms with Crippen LogP contribution in [-0.2, 0) is 6.54 Å². The molecule has 1 aliphatic carbocycles. The Hall–Kier alpha value is -1.58. The third kappa shape index (κ3) is 3.50. The fraction of sp³-hybridized carbons (Fsp3) is 0.250. The topological polar surface area (TPSA) is 21.3 Å². The normalized spacial score (nSPS) is 14.3. The van der Waals surface area contributed by atoms with Crippen LogP contribution in [0.4, 0.5) is 4.39 Å². The summed E-state index contributed by atoms with van der Waals surface area (Å²) in [4.78, 5) is 0. The van der Waals surface area contributed by atoms with Gasteiger partial charge in [-0.1, -0.05) is 23.7 Å². The lowest BCUT2D eigenvalue weighted by atomic mass is 10.2. The molecule has 104 valence electrons. The summed E-state index contributed by atoms with van der Waals surface area (Å²) in [6.07, 6.45) is 2.52. The van der Waals surface area contributed by atoms with Crippen molar-refractivity contribution in [2.75, 3.05) is 0 Å². The van der Waals surface area contributed by atoms with E-state index in [9.17, 15) is 4.39 Å². The number of hydrogen-bond acceptors (Lipinski definition) is 2. The Morgan fingerprint density at radius 2 is 2.05 bits per heavy atom. The molecule has 1 N–H and O–H groups in total. The third-order valence-electron chi connectivity index (χ3n) is 3.19. The molecule has 2 aromatic carbocycles. The van der Waals surface area contributed by atoms with E-state index in [4.69, 9.17) is 16.3 Å². The highest BCUT2D eigenvalue weighted by Gasteiger charge is 2.20. The Morgan fingerprint density at radius 1 is 1.20 bits per heavy atom. The van der Waals surface area contributed by atoms with Crippen LogP contribution in [0, 0.1) is 5.82 Å².